The average molecular weight is 259 g/mol. The van der Waals surface area contributed by atoms with Crippen LogP contribution in [0.4, 0.5) is 0 Å². The van der Waals surface area contributed by atoms with Gasteiger partial charge < -0.3 is 15.3 Å². The minimum absolute atomic E-state index is 0. The van der Waals surface area contributed by atoms with E-state index in [1.165, 1.54) is 32.4 Å². The summed E-state index contributed by atoms with van der Waals surface area (Å²) in [6, 6.07) is 0. The van der Waals surface area contributed by atoms with Crippen LogP contribution < -0.4 is 5.32 Å². The molecule has 0 aromatic heterocycles. The zero-order valence-corrected chi connectivity index (χ0v) is 11.1. The molecule has 1 aliphatic rings. The second-order valence-electron chi connectivity index (χ2n) is 4.01. The van der Waals surface area contributed by atoms with Gasteiger partial charge in [0.1, 0.15) is 0 Å². The Kier molecular flexibility index (Phi) is 13.0. The molecule has 0 amide bonds. The molecule has 0 aromatic rings. The van der Waals surface area contributed by atoms with Gasteiger partial charge >= 0.3 is 0 Å². The van der Waals surface area contributed by atoms with Crippen molar-refractivity contribution in [1.82, 2.24) is 10.2 Å². The molecular formula is C10H24Cl2N2O. The number of aliphatic hydroxyl groups excluding tert-OH is 1. The molecule has 0 unspecified atom stereocenters. The van der Waals surface area contributed by atoms with Gasteiger partial charge in [-0.3, -0.25) is 0 Å². The third-order valence-electron chi connectivity index (χ3n) is 2.86. The molecule has 1 rings (SSSR count). The van der Waals surface area contributed by atoms with Crippen LogP contribution in [0.2, 0.25) is 0 Å². The molecule has 1 saturated heterocycles. The molecule has 0 radical (unpaired) electrons. The third kappa shape index (κ3) is 8.29. The minimum Gasteiger partial charge on any atom is -0.395 e. The molecule has 0 spiro atoms. The molecule has 0 bridgehead atoms. The number of nitrogens with zero attached hydrogens (tertiary/aromatic N) is 1. The first-order chi connectivity index (χ1) is 6.33. The molecule has 1 heterocycles. The predicted molar refractivity (Wildman–Crippen MR) is 69.3 cm³/mol. The molecule has 0 saturated carbocycles. The SMILES string of the molecule is CN(CCO)CCC1CCNCC1.Cl.Cl. The van der Waals surface area contributed by atoms with Gasteiger partial charge in [0, 0.05) is 6.54 Å². The Morgan fingerprint density at radius 1 is 1.20 bits per heavy atom. The Labute approximate surface area is 105 Å². The minimum atomic E-state index is 0. The Bertz CT molecular complexity index is 133. The van der Waals surface area contributed by atoms with Gasteiger partial charge in [0.25, 0.3) is 0 Å². The van der Waals surface area contributed by atoms with E-state index in [0.29, 0.717) is 0 Å². The van der Waals surface area contributed by atoms with E-state index in [0.717, 1.165) is 19.0 Å². The summed E-state index contributed by atoms with van der Waals surface area (Å²) in [5.41, 5.74) is 0. The van der Waals surface area contributed by atoms with Crippen LogP contribution in [0.15, 0.2) is 0 Å². The second-order valence-corrected chi connectivity index (χ2v) is 4.01. The van der Waals surface area contributed by atoms with Crippen molar-refractivity contribution >= 4 is 24.8 Å². The molecule has 15 heavy (non-hydrogen) atoms. The molecule has 0 aromatic carbocycles. The number of aliphatic hydroxyl groups is 1. The molecule has 1 fully saturated rings. The van der Waals surface area contributed by atoms with Gasteiger partial charge in [-0.15, -0.1) is 24.8 Å². The van der Waals surface area contributed by atoms with Crippen LogP contribution in [0, 0.1) is 5.92 Å². The summed E-state index contributed by atoms with van der Waals surface area (Å²) in [7, 11) is 2.08. The van der Waals surface area contributed by atoms with Crippen LogP contribution in [0.5, 0.6) is 0 Å². The van der Waals surface area contributed by atoms with E-state index in [9.17, 15) is 0 Å². The summed E-state index contributed by atoms with van der Waals surface area (Å²) in [5.74, 6) is 0.905. The molecule has 2 N–H and O–H groups in total. The number of piperidine rings is 1. The molecule has 94 valence electrons. The fourth-order valence-electron chi connectivity index (χ4n) is 1.86. The van der Waals surface area contributed by atoms with Crippen molar-refractivity contribution in [3.63, 3.8) is 0 Å². The van der Waals surface area contributed by atoms with Crippen molar-refractivity contribution in [2.45, 2.75) is 19.3 Å². The lowest BCUT2D eigenvalue weighted by molar-refractivity contribution is 0.207. The first-order valence-corrected chi connectivity index (χ1v) is 5.33. The van der Waals surface area contributed by atoms with Crippen molar-refractivity contribution in [2.75, 3.05) is 39.8 Å². The highest BCUT2D eigenvalue weighted by Crippen LogP contribution is 2.15. The van der Waals surface area contributed by atoms with Gasteiger partial charge in [-0.25, -0.2) is 0 Å². The van der Waals surface area contributed by atoms with E-state index in [1.54, 1.807) is 0 Å². The van der Waals surface area contributed by atoms with E-state index in [-0.39, 0.29) is 31.4 Å². The zero-order chi connectivity index (χ0) is 9.52. The van der Waals surface area contributed by atoms with E-state index >= 15 is 0 Å². The molecule has 5 heteroatoms. The standard InChI is InChI=1S/C10H22N2O.2ClH/c1-12(8-9-13)7-4-10-2-5-11-6-3-10;;/h10-11,13H,2-9H2,1H3;2*1H. The van der Waals surface area contributed by atoms with Gasteiger partial charge in [0.2, 0.25) is 0 Å². The second kappa shape index (κ2) is 11.0. The average Bonchev–Trinajstić information content (AvgIpc) is 2.17. The summed E-state index contributed by atoms with van der Waals surface area (Å²) in [6.45, 7) is 4.60. The number of hydrogen-bond acceptors (Lipinski definition) is 3. The largest absolute Gasteiger partial charge is 0.395 e. The number of rotatable bonds is 5. The fourth-order valence-corrected chi connectivity index (χ4v) is 1.86. The van der Waals surface area contributed by atoms with E-state index in [1.807, 2.05) is 0 Å². The predicted octanol–water partition coefficient (Wildman–Crippen LogP) is 1.14. The smallest absolute Gasteiger partial charge is 0.0558 e. The van der Waals surface area contributed by atoms with Crippen molar-refractivity contribution < 1.29 is 5.11 Å². The molecular weight excluding hydrogens is 235 g/mol. The number of likely N-dealkylation sites (N-methyl/N-ethyl adjacent to an activating group) is 1. The summed E-state index contributed by atoms with van der Waals surface area (Å²) < 4.78 is 0. The lowest BCUT2D eigenvalue weighted by Crippen LogP contribution is -2.31. The third-order valence-corrected chi connectivity index (χ3v) is 2.86. The highest BCUT2D eigenvalue weighted by atomic mass is 35.5. The molecule has 0 atom stereocenters. The topological polar surface area (TPSA) is 35.5 Å². The van der Waals surface area contributed by atoms with Gasteiger partial charge in [-0.2, -0.15) is 0 Å². The van der Waals surface area contributed by atoms with Gasteiger partial charge in [-0.1, -0.05) is 0 Å². The molecule has 0 aliphatic carbocycles. The maximum Gasteiger partial charge on any atom is 0.0558 e. The maximum absolute atomic E-state index is 8.72. The van der Waals surface area contributed by atoms with Crippen LogP contribution in [-0.2, 0) is 0 Å². The van der Waals surface area contributed by atoms with Gasteiger partial charge in [-0.05, 0) is 51.9 Å². The summed E-state index contributed by atoms with van der Waals surface area (Å²) in [5, 5.41) is 12.1. The van der Waals surface area contributed by atoms with Crippen LogP contribution >= 0.6 is 24.8 Å². The van der Waals surface area contributed by atoms with Crippen LogP contribution in [0.1, 0.15) is 19.3 Å². The Morgan fingerprint density at radius 2 is 1.80 bits per heavy atom. The lowest BCUT2D eigenvalue weighted by atomic mass is 9.94. The number of nitrogens with one attached hydrogen (secondary N) is 1. The van der Waals surface area contributed by atoms with E-state index in [2.05, 4.69) is 17.3 Å². The highest BCUT2D eigenvalue weighted by Gasteiger charge is 2.12. The summed E-state index contributed by atoms with van der Waals surface area (Å²) in [6.07, 6.45) is 3.94. The monoisotopic (exact) mass is 258 g/mol. The van der Waals surface area contributed by atoms with Crippen molar-refractivity contribution in [2.24, 2.45) is 5.92 Å². The zero-order valence-electron chi connectivity index (χ0n) is 9.45. The maximum atomic E-state index is 8.72. The van der Waals surface area contributed by atoms with Crippen LogP contribution in [0.3, 0.4) is 0 Å². The Morgan fingerprint density at radius 3 is 2.33 bits per heavy atom. The van der Waals surface area contributed by atoms with E-state index < -0.39 is 0 Å². The first kappa shape index (κ1) is 17.8. The number of halogens is 2. The normalized spacial score (nSPS) is 17.0. The van der Waals surface area contributed by atoms with Crippen molar-refractivity contribution in [3.8, 4) is 0 Å². The van der Waals surface area contributed by atoms with Gasteiger partial charge in [0.05, 0.1) is 6.61 Å². The van der Waals surface area contributed by atoms with Crippen LogP contribution in [-0.4, -0.2) is 49.8 Å². The number of hydrogen-bond donors (Lipinski definition) is 2. The first-order valence-electron chi connectivity index (χ1n) is 5.33. The Hall–Kier alpha value is 0.460. The van der Waals surface area contributed by atoms with E-state index in [4.69, 9.17) is 5.11 Å². The van der Waals surface area contributed by atoms with Crippen molar-refractivity contribution in [3.05, 3.63) is 0 Å². The Balaban J connectivity index is 0. The van der Waals surface area contributed by atoms with Crippen molar-refractivity contribution in [1.29, 1.82) is 0 Å². The van der Waals surface area contributed by atoms with Crippen LogP contribution in [0.25, 0.3) is 0 Å². The van der Waals surface area contributed by atoms with Gasteiger partial charge in [0.15, 0.2) is 0 Å². The fraction of sp³-hybridized carbons (Fsp3) is 1.00. The summed E-state index contributed by atoms with van der Waals surface area (Å²) >= 11 is 0. The quantitative estimate of drug-likeness (QED) is 0.777. The summed E-state index contributed by atoms with van der Waals surface area (Å²) in [4.78, 5) is 2.21. The lowest BCUT2D eigenvalue weighted by Gasteiger charge is -2.24. The molecule has 3 nitrogen and oxygen atoms in total. The molecule has 1 aliphatic heterocycles. The highest BCUT2D eigenvalue weighted by molar-refractivity contribution is 5.85.